The Kier molecular flexibility index (Phi) is 4.60. The Bertz CT molecular complexity index is 665. The van der Waals surface area contributed by atoms with Gasteiger partial charge in [0.1, 0.15) is 0 Å². The molecule has 0 bridgehead atoms. The zero-order valence-corrected chi connectivity index (χ0v) is 13.5. The molecule has 0 spiro atoms. The molecule has 3 rings (SSSR count). The molecule has 2 N–H and O–H groups in total. The van der Waals surface area contributed by atoms with Crippen molar-refractivity contribution in [3.63, 3.8) is 0 Å². The molecule has 2 aromatic rings. The molecule has 1 aromatic heterocycles. The van der Waals surface area contributed by atoms with Crippen LogP contribution in [0.1, 0.15) is 29.7 Å². The molecule has 0 radical (unpaired) electrons. The molecule has 1 saturated carbocycles. The number of carbonyl (C=O) groups is 1. The van der Waals surface area contributed by atoms with Gasteiger partial charge in [0.05, 0.1) is 0 Å². The summed E-state index contributed by atoms with van der Waals surface area (Å²) in [5, 5.41) is 5.93. The minimum Gasteiger partial charge on any atom is -0.338 e. The van der Waals surface area contributed by atoms with Crippen LogP contribution in [0.4, 0.5) is 4.79 Å². The number of hydrogen-bond donors (Lipinski definition) is 2. The highest BCUT2D eigenvalue weighted by molar-refractivity contribution is 5.74. The number of rotatable bonds is 6. The third-order valence-electron chi connectivity index (χ3n) is 4.55. The van der Waals surface area contributed by atoms with Crippen molar-refractivity contribution in [2.24, 2.45) is 0 Å². The van der Waals surface area contributed by atoms with E-state index in [-0.39, 0.29) is 11.4 Å². The van der Waals surface area contributed by atoms with Crippen LogP contribution >= 0.6 is 0 Å². The number of pyridine rings is 1. The van der Waals surface area contributed by atoms with Gasteiger partial charge in [-0.15, -0.1) is 0 Å². The number of aromatic nitrogens is 1. The first-order valence-corrected chi connectivity index (χ1v) is 8.17. The van der Waals surface area contributed by atoms with Crippen LogP contribution in [0.15, 0.2) is 48.7 Å². The van der Waals surface area contributed by atoms with Crippen molar-refractivity contribution >= 4 is 6.03 Å². The molecule has 4 nitrogen and oxygen atoms in total. The Morgan fingerprint density at radius 3 is 2.61 bits per heavy atom. The highest BCUT2D eigenvalue weighted by Crippen LogP contribution is 2.48. The third kappa shape index (κ3) is 3.89. The van der Waals surface area contributed by atoms with Crippen LogP contribution in [0.2, 0.25) is 0 Å². The lowest BCUT2D eigenvalue weighted by Crippen LogP contribution is -2.40. The minimum atomic E-state index is -0.0965. The monoisotopic (exact) mass is 309 g/mol. The summed E-state index contributed by atoms with van der Waals surface area (Å²) in [5.74, 6) is 0. The summed E-state index contributed by atoms with van der Waals surface area (Å²) in [4.78, 5) is 16.2. The van der Waals surface area contributed by atoms with E-state index in [9.17, 15) is 4.79 Å². The second kappa shape index (κ2) is 6.82. The molecular formula is C19H23N3O. The smallest absolute Gasteiger partial charge is 0.314 e. The molecule has 0 atom stereocenters. The van der Waals surface area contributed by atoms with Gasteiger partial charge in [-0.2, -0.15) is 0 Å². The molecule has 0 aliphatic heterocycles. The van der Waals surface area contributed by atoms with Gasteiger partial charge in [-0.1, -0.05) is 30.3 Å². The Balaban J connectivity index is 1.45. The van der Waals surface area contributed by atoms with Gasteiger partial charge in [0.15, 0.2) is 0 Å². The normalized spacial score (nSPS) is 15.0. The van der Waals surface area contributed by atoms with Crippen molar-refractivity contribution in [1.29, 1.82) is 0 Å². The van der Waals surface area contributed by atoms with E-state index in [1.807, 2.05) is 18.2 Å². The maximum absolute atomic E-state index is 12.0. The van der Waals surface area contributed by atoms with E-state index in [1.165, 1.54) is 11.1 Å². The average molecular weight is 309 g/mol. The number of urea groups is 1. The van der Waals surface area contributed by atoms with Gasteiger partial charge in [0, 0.05) is 36.8 Å². The largest absolute Gasteiger partial charge is 0.338 e. The van der Waals surface area contributed by atoms with Crippen LogP contribution in [0.5, 0.6) is 0 Å². The molecule has 120 valence electrons. The van der Waals surface area contributed by atoms with E-state index in [0.29, 0.717) is 13.1 Å². The van der Waals surface area contributed by atoms with Crippen molar-refractivity contribution in [3.05, 3.63) is 65.5 Å². The van der Waals surface area contributed by atoms with E-state index >= 15 is 0 Å². The summed E-state index contributed by atoms with van der Waals surface area (Å²) in [6.07, 6.45) is 4.81. The Morgan fingerprint density at radius 1 is 1.13 bits per heavy atom. The summed E-state index contributed by atoms with van der Waals surface area (Å²) in [6.45, 7) is 3.44. The Morgan fingerprint density at radius 2 is 1.91 bits per heavy atom. The number of nitrogens with zero attached hydrogens (tertiary/aromatic N) is 1. The third-order valence-corrected chi connectivity index (χ3v) is 4.55. The van der Waals surface area contributed by atoms with Crippen LogP contribution in [0.3, 0.4) is 0 Å². The van der Waals surface area contributed by atoms with Crippen molar-refractivity contribution in [2.45, 2.75) is 31.6 Å². The molecular weight excluding hydrogens is 286 g/mol. The van der Waals surface area contributed by atoms with Crippen molar-refractivity contribution in [1.82, 2.24) is 15.6 Å². The molecule has 1 aliphatic carbocycles. The van der Waals surface area contributed by atoms with Gasteiger partial charge < -0.3 is 10.6 Å². The summed E-state index contributed by atoms with van der Waals surface area (Å²) >= 11 is 0. The number of benzene rings is 1. The molecule has 1 fully saturated rings. The quantitative estimate of drug-likeness (QED) is 0.862. The Labute approximate surface area is 137 Å². The average Bonchev–Trinajstić information content (AvgIpc) is 3.35. The summed E-state index contributed by atoms with van der Waals surface area (Å²) in [5.41, 5.74) is 3.81. The van der Waals surface area contributed by atoms with Crippen molar-refractivity contribution in [3.8, 4) is 0 Å². The summed E-state index contributed by atoms with van der Waals surface area (Å²) < 4.78 is 0. The number of carbonyl (C=O) groups excluding carboxylic acids is 1. The van der Waals surface area contributed by atoms with E-state index in [1.54, 1.807) is 6.20 Å². The lowest BCUT2D eigenvalue weighted by Gasteiger charge is -2.19. The van der Waals surface area contributed by atoms with E-state index in [0.717, 1.165) is 25.0 Å². The van der Waals surface area contributed by atoms with Gasteiger partial charge in [-0.3, -0.25) is 4.98 Å². The van der Waals surface area contributed by atoms with Gasteiger partial charge in [0.2, 0.25) is 0 Å². The van der Waals surface area contributed by atoms with Crippen molar-refractivity contribution in [2.75, 3.05) is 13.1 Å². The summed E-state index contributed by atoms with van der Waals surface area (Å²) in [7, 11) is 0. The fourth-order valence-corrected chi connectivity index (χ4v) is 3.02. The minimum absolute atomic E-state index is 0.0965. The van der Waals surface area contributed by atoms with Gasteiger partial charge in [0.25, 0.3) is 0 Å². The van der Waals surface area contributed by atoms with E-state index in [4.69, 9.17) is 0 Å². The number of hydrogen-bond acceptors (Lipinski definition) is 2. The fraction of sp³-hybridized carbons (Fsp3) is 0.368. The van der Waals surface area contributed by atoms with Gasteiger partial charge >= 0.3 is 6.03 Å². The number of amides is 2. The highest BCUT2D eigenvalue weighted by atomic mass is 16.2. The second-order valence-electron chi connectivity index (χ2n) is 6.28. The fourth-order valence-electron chi connectivity index (χ4n) is 3.02. The zero-order valence-electron chi connectivity index (χ0n) is 13.5. The first-order chi connectivity index (χ1) is 11.2. The number of nitrogens with one attached hydrogen (secondary N) is 2. The van der Waals surface area contributed by atoms with E-state index in [2.05, 4.69) is 46.8 Å². The van der Waals surface area contributed by atoms with E-state index < -0.39 is 0 Å². The topological polar surface area (TPSA) is 54.0 Å². The number of aryl methyl sites for hydroxylation is 1. The van der Waals surface area contributed by atoms with Crippen LogP contribution < -0.4 is 10.6 Å². The predicted octanol–water partition coefficient (Wildman–Crippen LogP) is 2.96. The maximum Gasteiger partial charge on any atom is 0.314 e. The Hall–Kier alpha value is -2.36. The lowest BCUT2D eigenvalue weighted by molar-refractivity contribution is 0.240. The molecule has 2 amide bonds. The summed E-state index contributed by atoms with van der Waals surface area (Å²) in [6, 6.07) is 14.2. The van der Waals surface area contributed by atoms with Crippen LogP contribution in [-0.4, -0.2) is 24.1 Å². The predicted molar refractivity (Wildman–Crippen MR) is 91.4 cm³/mol. The van der Waals surface area contributed by atoms with Crippen molar-refractivity contribution < 1.29 is 4.79 Å². The molecule has 1 aromatic carbocycles. The SMILES string of the molecule is Cc1ccccc1C1(CNC(=O)NCCc2ccccn2)CC1. The first kappa shape index (κ1) is 15.5. The maximum atomic E-state index is 12.0. The van der Waals surface area contributed by atoms with Crippen LogP contribution in [-0.2, 0) is 11.8 Å². The molecule has 23 heavy (non-hydrogen) atoms. The van der Waals surface area contributed by atoms with Crippen LogP contribution in [0, 0.1) is 6.92 Å². The lowest BCUT2D eigenvalue weighted by atomic mass is 9.92. The van der Waals surface area contributed by atoms with Gasteiger partial charge in [-0.05, 0) is 43.0 Å². The highest BCUT2D eigenvalue weighted by Gasteiger charge is 2.45. The molecule has 1 aliphatic rings. The molecule has 0 unspecified atom stereocenters. The second-order valence-corrected chi connectivity index (χ2v) is 6.28. The first-order valence-electron chi connectivity index (χ1n) is 8.17. The van der Waals surface area contributed by atoms with Crippen LogP contribution in [0.25, 0.3) is 0 Å². The molecule has 0 saturated heterocycles. The molecule has 4 heteroatoms. The molecule has 1 heterocycles. The standard InChI is InChI=1S/C19H23N3O/c1-15-6-2-3-8-17(15)19(10-11-19)14-22-18(23)21-13-9-16-7-4-5-12-20-16/h2-8,12H,9-11,13-14H2,1H3,(H2,21,22,23). The zero-order chi connectivity index (χ0) is 16.1. The van der Waals surface area contributed by atoms with Gasteiger partial charge in [-0.25, -0.2) is 4.79 Å².